The third kappa shape index (κ3) is 6.15. The summed E-state index contributed by atoms with van der Waals surface area (Å²) < 4.78 is 15.9. The molecule has 0 saturated carbocycles. The predicted octanol–water partition coefficient (Wildman–Crippen LogP) is 1.14. The van der Waals surface area contributed by atoms with Crippen LogP contribution in [-0.2, 0) is 14.2 Å². The molecule has 1 atom stereocenters. The molecule has 1 aliphatic rings. The van der Waals surface area contributed by atoms with Gasteiger partial charge in [0.2, 0.25) is 0 Å². The Balaban J connectivity index is 1.95. The Bertz CT molecular complexity index is 171. The van der Waals surface area contributed by atoms with E-state index in [0.29, 0.717) is 19.3 Å². The monoisotopic (exact) mass is 295 g/mol. The van der Waals surface area contributed by atoms with Gasteiger partial charge in [0.25, 0.3) is 0 Å². The number of nitrogens with zero attached hydrogens (tertiary/aromatic N) is 1. The van der Waals surface area contributed by atoms with Crippen LogP contribution in [0.15, 0.2) is 0 Å². The lowest BCUT2D eigenvalue weighted by atomic mass is 10.3. The minimum Gasteiger partial charge on any atom is -0.382 e. The summed E-state index contributed by atoms with van der Waals surface area (Å²) in [7, 11) is 1.69. The molecule has 0 amide bonds. The molecular weight excluding hydrogens is 274 g/mol. The van der Waals surface area contributed by atoms with Crippen LogP contribution in [0.3, 0.4) is 0 Å². The third-order valence-electron chi connectivity index (χ3n) is 2.59. The molecule has 0 bridgehead atoms. The van der Waals surface area contributed by atoms with Crippen LogP contribution in [0, 0.1) is 0 Å². The molecule has 0 aromatic rings. The van der Waals surface area contributed by atoms with Gasteiger partial charge in [0.1, 0.15) is 0 Å². The molecule has 0 aromatic carbocycles. The van der Waals surface area contributed by atoms with Gasteiger partial charge in [0.15, 0.2) is 0 Å². The molecule has 0 N–H and O–H groups in total. The number of alkyl halides is 1. The van der Waals surface area contributed by atoms with Gasteiger partial charge < -0.3 is 14.2 Å². The molecule has 96 valence electrons. The van der Waals surface area contributed by atoms with E-state index < -0.39 is 0 Å². The first-order chi connectivity index (χ1) is 7.86. The maximum absolute atomic E-state index is 5.58. The largest absolute Gasteiger partial charge is 0.382 e. The second kappa shape index (κ2) is 9.36. The van der Waals surface area contributed by atoms with Crippen molar-refractivity contribution in [1.82, 2.24) is 4.90 Å². The highest BCUT2D eigenvalue weighted by molar-refractivity contribution is 9.09. The van der Waals surface area contributed by atoms with Gasteiger partial charge in [-0.25, -0.2) is 0 Å². The van der Waals surface area contributed by atoms with E-state index in [4.69, 9.17) is 14.2 Å². The molecular formula is C11H22BrNO3. The fraction of sp³-hybridized carbons (Fsp3) is 1.00. The number of hydrogen-bond donors (Lipinski definition) is 0. The Morgan fingerprint density at radius 2 is 2.25 bits per heavy atom. The van der Waals surface area contributed by atoms with Gasteiger partial charge in [-0.2, -0.15) is 0 Å². The van der Waals surface area contributed by atoms with Gasteiger partial charge in [-0.3, -0.25) is 4.90 Å². The first kappa shape index (κ1) is 14.4. The van der Waals surface area contributed by atoms with E-state index in [1.165, 1.54) is 0 Å². The Hall–Kier alpha value is 0.320. The summed E-state index contributed by atoms with van der Waals surface area (Å²) in [5, 5.41) is 0.924. The fourth-order valence-corrected chi connectivity index (χ4v) is 2.10. The Kier molecular flexibility index (Phi) is 8.41. The summed E-state index contributed by atoms with van der Waals surface area (Å²) in [6.45, 7) is 6.22. The van der Waals surface area contributed by atoms with Crippen LogP contribution in [0.5, 0.6) is 0 Å². The van der Waals surface area contributed by atoms with Gasteiger partial charge in [0, 0.05) is 38.7 Å². The SMILES string of the molecule is COCCOCCCN1CCOC(CBr)C1. The lowest BCUT2D eigenvalue weighted by molar-refractivity contribution is -0.0185. The normalized spacial score (nSPS) is 22.5. The predicted molar refractivity (Wildman–Crippen MR) is 67.3 cm³/mol. The zero-order valence-corrected chi connectivity index (χ0v) is 11.6. The Morgan fingerprint density at radius 1 is 1.38 bits per heavy atom. The van der Waals surface area contributed by atoms with Gasteiger partial charge >= 0.3 is 0 Å². The Morgan fingerprint density at radius 3 is 3.00 bits per heavy atom. The van der Waals surface area contributed by atoms with Crippen molar-refractivity contribution in [2.45, 2.75) is 12.5 Å². The standard InChI is InChI=1S/C11H22BrNO3/c1-14-7-8-15-5-2-3-13-4-6-16-11(9-12)10-13/h11H,2-10H2,1H3. The molecule has 1 heterocycles. The van der Waals surface area contributed by atoms with Crippen LogP contribution in [0.2, 0.25) is 0 Å². The van der Waals surface area contributed by atoms with Crippen molar-refractivity contribution >= 4 is 15.9 Å². The molecule has 4 nitrogen and oxygen atoms in total. The van der Waals surface area contributed by atoms with Crippen molar-refractivity contribution < 1.29 is 14.2 Å². The molecule has 1 saturated heterocycles. The molecule has 1 rings (SSSR count). The summed E-state index contributed by atoms with van der Waals surface area (Å²) in [5.41, 5.74) is 0. The maximum atomic E-state index is 5.58. The van der Waals surface area contributed by atoms with Crippen LogP contribution in [0.1, 0.15) is 6.42 Å². The molecule has 1 fully saturated rings. The summed E-state index contributed by atoms with van der Waals surface area (Å²) in [6, 6.07) is 0. The van der Waals surface area contributed by atoms with Gasteiger partial charge in [-0.05, 0) is 6.42 Å². The number of morpholine rings is 1. The van der Waals surface area contributed by atoms with E-state index in [-0.39, 0.29) is 0 Å². The van der Waals surface area contributed by atoms with Crippen LogP contribution in [-0.4, -0.2) is 69.5 Å². The van der Waals surface area contributed by atoms with Crippen LogP contribution >= 0.6 is 15.9 Å². The number of ether oxygens (including phenoxy) is 3. The topological polar surface area (TPSA) is 30.9 Å². The number of halogens is 1. The first-order valence-electron chi connectivity index (χ1n) is 5.83. The highest BCUT2D eigenvalue weighted by Crippen LogP contribution is 2.07. The van der Waals surface area contributed by atoms with E-state index in [0.717, 1.165) is 44.6 Å². The quantitative estimate of drug-likeness (QED) is 0.496. The zero-order chi connectivity index (χ0) is 11.6. The van der Waals surface area contributed by atoms with Gasteiger partial charge in [-0.1, -0.05) is 15.9 Å². The smallest absolute Gasteiger partial charge is 0.0799 e. The van der Waals surface area contributed by atoms with Crippen molar-refractivity contribution in [3.63, 3.8) is 0 Å². The summed E-state index contributed by atoms with van der Waals surface area (Å²) in [5.74, 6) is 0. The molecule has 1 aliphatic heterocycles. The van der Waals surface area contributed by atoms with Gasteiger partial charge in [0.05, 0.1) is 25.9 Å². The number of hydrogen-bond acceptors (Lipinski definition) is 4. The van der Waals surface area contributed by atoms with E-state index in [2.05, 4.69) is 20.8 Å². The molecule has 0 aliphatic carbocycles. The molecule has 0 spiro atoms. The van der Waals surface area contributed by atoms with Crippen LogP contribution in [0.4, 0.5) is 0 Å². The van der Waals surface area contributed by atoms with Gasteiger partial charge in [-0.15, -0.1) is 0 Å². The summed E-state index contributed by atoms with van der Waals surface area (Å²) in [4.78, 5) is 2.44. The highest BCUT2D eigenvalue weighted by Gasteiger charge is 2.18. The summed E-state index contributed by atoms with van der Waals surface area (Å²) in [6.07, 6.45) is 1.43. The molecule has 5 heteroatoms. The van der Waals surface area contributed by atoms with Crippen molar-refractivity contribution in [2.75, 3.05) is 58.5 Å². The average Bonchev–Trinajstić information content (AvgIpc) is 2.34. The van der Waals surface area contributed by atoms with E-state index in [1.807, 2.05) is 0 Å². The van der Waals surface area contributed by atoms with E-state index >= 15 is 0 Å². The molecule has 16 heavy (non-hydrogen) atoms. The van der Waals surface area contributed by atoms with Crippen molar-refractivity contribution in [1.29, 1.82) is 0 Å². The highest BCUT2D eigenvalue weighted by atomic mass is 79.9. The van der Waals surface area contributed by atoms with Crippen molar-refractivity contribution in [2.24, 2.45) is 0 Å². The van der Waals surface area contributed by atoms with Crippen molar-refractivity contribution in [3.05, 3.63) is 0 Å². The van der Waals surface area contributed by atoms with Crippen molar-refractivity contribution in [3.8, 4) is 0 Å². The van der Waals surface area contributed by atoms with Crippen LogP contribution in [0.25, 0.3) is 0 Å². The van der Waals surface area contributed by atoms with E-state index in [9.17, 15) is 0 Å². The molecule has 1 unspecified atom stereocenters. The fourth-order valence-electron chi connectivity index (χ4n) is 1.71. The average molecular weight is 296 g/mol. The second-order valence-corrected chi connectivity index (χ2v) is 4.55. The number of methoxy groups -OCH3 is 1. The lowest BCUT2D eigenvalue weighted by Gasteiger charge is -2.31. The molecule has 0 aromatic heterocycles. The third-order valence-corrected chi connectivity index (χ3v) is 3.31. The minimum absolute atomic E-state index is 0.350. The second-order valence-electron chi connectivity index (χ2n) is 3.91. The minimum atomic E-state index is 0.350. The summed E-state index contributed by atoms with van der Waals surface area (Å²) >= 11 is 3.46. The number of rotatable bonds is 8. The zero-order valence-electron chi connectivity index (χ0n) is 9.99. The van der Waals surface area contributed by atoms with Crippen LogP contribution < -0.4 is 0 Å². The molecule has 0 radical (unpaired) electrons. The first-order valence-corrected chi connectivity index (χ1v) is 6.95. The lowest BCUT2D eigenvalue weighted by Crippen LogP contribution is -2.43. The van der Waals surface area contributed by atoms with E-state index in [1.54, 1.807) is 7.11 Å². The Labute approximate surface area is 106 Å². The maximum Gasteiger partial charge on any atom is 0.0799 e.